The van der Waals surface area contributed by atoms with Crippen LogP contribution in [0.5, 0.6) is 11.5 Å². The van der Waals surface area contributed by atoms with E-state index < -0.39 is 10.0 Å². The highest BCUT2D eigenvalue weighted by molar-refractivity contribution is 7.88. The molecule has 1 aliphatic rings. The normalized spacial score (nSPS) is 17.4. The maximum Gasteiger partial charge on any atom is 0.239 e. The van der Waals surface area contributed by atoms with E-state index in [-0.39, 0.29) is 18.4 Å². The number of methoxy groups -OCH3 is 2. The lowest BCUT2D eigenvalue weighted by atomic mass is 9.93. The van der Waals surface area contributed by atoms with Crippen LogP contribution in [-0.4, -0.2) is 39.1 Å². The zero-order chi connectivity index (χ0) is 17.7. The van der Waals surface area contributed by atoms with Gasteiger partial charge in [0.1, 0.15) is 0 Å². The number of carbonyl (C=O) groups is 1. The number of allylic oxidation sites excluding steroid dienone is 2. The average molecular weight is 353 g/mol. The van der Waals surface area contributed by atoms with Gasteiger partial charge >= 0.3 is 0 Å². The minimum Gasteiger partial charge on any atom is -0.493 e. The quantitative estimate of drug-likeness (QED) is 0.734. The van der Waals surface area contributed by atoms with Crippen molar-refractivity contribution >= 4 is 15.9 Å². The molecule has 132 valence electrons. The number of nitrogens with zero attached hydrogens (tertiary/aromatic N) is 1. The predicted octanol–water partition coefficient (Wildman–Crippen LogP) is 2.35. The van der Waals surface area contributed by atoms with Crippen molar-refractivity contribution in [1.29, 1.82) is 0 Å². The van der Waals surface area contributed by atoms with Gasteiger partial charge in [-0.2, -0.15) is 0 Å². The van der Waals surface area contributed by atoms with Crippen molar-refractivity contribution in [3.8, 4) is 11.5 Å². The summed E-state index contributed by atoms with van der Waals surface area (Å²) in [5.41, 5.74) is 0.585. The van der Waals surface area contributed by atoms with Gasteiger partial charge in [-0.3, -0.25) is 4.79 Å². The first-order valence-electron chi connectivity index (χ1n) is 7.75. The summed E-state index contributed by atoms with van der Waals surface area (Å²) in [6.45, 7) is -0.0712. The van der Waals surface area contributed by atoms with Crippen molar-refractivity contribution in [3.63, 3.8) is 0 Å². The molecule has 1 unspecified atom stereocenters. The number of hydrogen-bond donors (Lipinski definition) is 0. The standard InChI is InChI=1S/C17H23NO5S/c1-22-15-11-7-10-14(16(15)23-2)12-18(24(3,20)21)17(19)13-8-5-4-6-9-13/h4-5,7,10-11,13H,6,8-9,12H2,1-3H3. The molecule has 1 aromatic carbocycles. The summed E-state index contributed by atoms with van der Waals surface area (Å²) in [4.78, 5) is 12.7. The van der Waals surface area contributed by atoms with E-state index in [0.717, 1.165) is 17.0 Å². The van der Waals surface area contributed by atoms with Crippen molar-refractivity contribution in [2.75, 3.05) is 20.5 Å². The molecule has 7 heteroatoms. The van der Waals surface area contributed by atoms with Crippen LogP contribution >= 0.6 is 0 Å². The summed E-state index contributed by atoms with van der Waals surface area (Å²) < 4.78 is 35.9. The molecule has 0 saturated carbocycles. The fourth-order valence-electron chi connectivity index (χ4n) is 2.81. The Morgan fingerprint density at radius 3 is 2.54 bits per heavy atom. The van der Waals surface area contributed by atoms with E-state index in [1.807, 2.05) is 12.2 Å². The first kappa shape index (κ1) is 18.3. The molecule has 0 aliphatic heterocycles. The number of para-hydroxylation sites is 1. The number of ether oxygens (including phenoxy) is 2. The van der Waals surface area contributed by atoms with Crippen LogP contribution in [0.1, 0.15) is 24.8 Å². The summed E-state index contributed by atoms with van der Waals surface area (Å²) in [6.07, 6.45) is 7.02. The third-order valence-corrected chi connectivity index (χ3v) is 5.17. The second kappa shape index (κ2) is 7.70. The first-order valence-corrected chi connectivity index (χ1v) is 9.59. The molecular formula is C17H23NO5S. The summed E-state index contributed by atoms with van der Waals surface area (Å²) in [6, 6.07) is 5.19. The van der Waals surface area contributed by atoms with Gasteiger partial charge in [-0.25, -0.2) is 12.7 Å². The number of hydrogen-bond acceptors (Lipinski definition) is 5. The number of amides is 1. The minimum atomic E-state index is -3.69. The van der Waals surface area contributed by atoms with Crippen LogP contribution in [0.3, 0.4) is 0 Å². The van der Waals surface area contributed by atoms with Gasteiger partial charge in [-0.1, -0.05) is 24.3 Å². The maximum atomic E-state index is 12.7. The van der Waals surface area contributed by atoms with Crippen molar-refractivity contribution in [2.24, 2.45) is 5.92 Å². The summed E-state index contributed by atoms with van der Waals surface area (Å²) in [7, 11) is -0.697. The molecule has 1 aliphatic carbocycles. The Kier molecular flexibility index (Phi) is 5.88. The van der Waals surface area contributed by atoms with Crippen LogP contribution in [0.15, 0.2) is 30.4 Å². The molecule has 24 heavy (non-hydrogen) atoms. The van der Waals surface area contributed by atoms with E-state index in [1.165, 1.54) is 14.2 Å². The lowest BCUT2D eigenvalue weighted by Gasteiger charge is -2.27. The molecule has 0 fully saturated rings. The fourth-order valence-corrected chi connectivity index (χ4v) is 3.66. The van der Waals surface area contributed by atoms with Crippen molar-refractivity contribution in [3.05, 3.63) is 35.9 Å². The van der Waals surface area contributed by atoms with Crippen LogP contribution in [-0.2, 0) is 21.4 Å². The predicted molar refractivity (Wildman–Crippen MR) is 91.4 cm³/mol. The highest BCUT2D eigenvalue weighted by Gasteiger charge is 2.31. The number of carbonyl (C=O) groups excluding carboxylic acids is 1. The van der Waals surface area contributed by atoms with Crippen LogP contribution in [0.2, 0.25) is 0 Å². The molecule has 0 spiro atoms. The Hall–Kier alpha value is -2.02. The Morgan fingerprint density at radius 1 is 1.25 bits per heavy atom. The van der Waals surface area contributed by atoms with Gasteiger partial charge < -0.3 is 9.47 Å². The van der Waals surface area contributed by atoms with Crippen LogP contribution < -0.4 is 9.47 Å². The molecule has 1 aromatic rings. The van der Waals surface area contributed by atoms with E-state index >= 15 is 0 Å². The summed E-state index contributed by atoms with van der Waals surface area (Å²) in [5.74, 6) is 0.259. The average Bonchev–Trinajstić information content (AvgIpc) is 2.58. The lowest BCUT2D eigenvalue weighted by molar-refractivity contribution is -0.131. The van der Waals surface area contributed by atoms with E-state index in [9.17, 15) is 13.2 Å². The van der Waals surface area contributed by atoms with Crippen molar-refractivity contribution in [1.82, 2.24) is 4.31 Å². The number of benzene rings is 1. The second-order valence-electron chi connectivity index (χ2n) is 5.74. The third-order valence-electron chi connectivity index (χ3n) is 4.06. The number of sulfonamides is 1. The van der Waals surface area contributed by atoms with E-state index in [1.54, 1.807) is 18.2 Å². The summed E-state index contributed by atoms with van der Waals surface area (Å²) >= 11 is 0. The highest BCUT2D eigenvalue weighted by atomic mass is 32.2. The lowest BCUT2D eigenvalue weighted by Crippen LogP contribution is -2.40. The molecular weight excluding hydrogens is 330 g/mol. The highest BCUT2D eigenvalue weighted by Crippen LogP contribution is 2.32. The van der Waals surface area contributed by atoms with Crippen molar-refractivity contribution in [2.45, 2.75) is 25.8 Å². The molecule has 2 rings (SSSR count). The Balaban J connectivity index is 2.34. The molecule has 0 aromatic heterocycles. The Morgan fingerprint density at radius 2 is 2.00 bits per heavy atom. The van der Waals surface area contributed by atoms with Crippen LogP contribution in [0.25, 0.3) is 0 Å². The third kappa shape index (κ3) is 4.08. The van der Waals surface area contributed by atoms with E-state index in [2.05, 4.69) is 0 Å². The summed E-state index contributed by atoms with van der Waals surface area (Å²) in [5, 5.41) is 0. The van der Waals surface area contributed by atoms with Gasteiger partial charge in [0.05, 0.1) is 27.0 Å². The van der Waals surface area contributed by atoms with Gasteiger partial charge in [0.15, 0.2) is 11.5 Å². The molecule has 1 atom stereocenters. The molecule has 1 amide bonds. The van der Waals surface area contributed by atoms with Gasteiger partial charge in [0.25, 0.3) is 0 Å². The largest absolute Gasteiger partial charge is 0.493 e. The maximum absolute atomic E-state index is 12.7. The second-order valence-corrected chi connectivity index (χ2v) is 7.65. The fraction of sp³-hybridized carbons (Fsp3) is 0.471. The minimum absolute atomic E-state index is 0.0712. The number of rotatable bonds is 6. The SMILES string of the molecule is COc1cccc(CN(C(=O)C2CC=CCC2)S(C)(=O)=O)c1OC. The molecule has 6 nitrogen and oxygen atoms in total. The Labute approximate surface area is 143 Å². The van der Waals surface area contributed by atoms with Gasteiger partial charge in [-0.05, 0) is 25.3 Å². The molecule has 0 heterocycles. The van der Waals surface area contributed by atoms with Crippen LogP contribution in [0, 0.1) is 5.92 Å². The monoisotopic (exact) mass is 353 g/mol. The van der Waals surface area contributed by atoms with Crippen molar-refractivity contribution < 1.29 is 22.7 Å². The molecule has 0 radical (unpaired) electrons. The Bertz CT molecular complexity index is 726. The van der Waals surface area contributed by atoms with Crippen LogP contribution in [0.4, 0.5) is 0 Å². The molecule has 0 saturated heterocycles. The van der Waals surface area contributed by atoms with Gasteiger partial charge in [0.2, 0.25) is 15.9 Å². The first-order chi connectivity index (χ1) is 11.4. The van der Waals surface area contributed by atoms with Gasteiger partial charge in [-0.15, -0.1) is 0 Å². The van der Waals surface area contributed by atoms with E-state index in [4.69, 9.17) is 9.47 Å². The zero-order valence-corrected chi connectivity index (χ0v) is 15.0. The smallest absolute Gasteiger partial charge is 0.239 e. The van der Waals surface area contributed by atoms with Gasteiger partial charge in [0, 0.05) is 11.5 Å². The molecule has 0 bridgehead atoms. The van der Waals surface area contributed by atoms with E-state index in [0.29, 0.717) is 29.9 Å². The molecule has 0 N–H and O–H groups in total. The topological polar surface area (TPSA) is 72.9 Å². The zero-order valence-electron chi connectivity index (χ0n) is 14.2.